The summed E-state index contributed by atoms with van der Waals surface area (Å²) in [5, 5.41) is 16.3. The molecule has 0 aliphatic heterocycles. The van der Waals surface area contributed by atoms with Crippen molar-refractivity contribution in [3.63, 3.8) is 0 Å². The summed E-state index contributed by atoms with van der Waals surface area (Å²) in [6.45, 7) is 1.52. The number of hydrogen-bond acceptors (Lipinski definition) is 12. The molecule has 11 rings (SSSR count). The first-order chi connectivity index (χ1) is 44.7. The van der Waals surface area contributed by atoms with Crippen LogP contribution in [-0.4, -0.2) is 65.8 Å². The zero-order valence-electron chi connectivity index (χ0n) is 50.2. The van der Waals surface area contributed by atoms with E-state index in [1.54, 1.807) is 49.8 Å². The van der Waals surface area contributed by atoms with E-state index in [-0.39, 0.29) is 18.6 Å². The van der Waals surface area contributed by atoms with Crippen molar-refractivity contribution in [3.05, 3.63) is 291 Å². The molecule has 0 unspecified atom stereocenters. The molecule has 92 heavy (non-hydrogen) atoms. The Kier molecular flexibility index (Phi) is 25.7. The van der Waals surface area contributed by atoms with Gasteiger partial charge in [-0.2, -0.15) is 0 Å². The molecular weight excluding hydrogens is 1260 g/mol. The number of pyridine rings is 2. The molecular formula is C74H64BrClF2N4O10. The van der Waals surface area contributed by atoms with Gasteiger partial charge in [-0.3, -0.25) is 29.1 Å². The topological polar surface area (TPSA) is 184 Å². The Morgan fingerprint density at radius 2 is 0.880 bits per heavy atom. The molecule has 0 aliphatic carbocycles. The van der Waals surface area contributed by atoms with Gasteiger partial charge in [0, 0.05) is 65.7 Å². The standard InChI is InChI=1S/C34H29FN2O5.C17H14ClNO2.C17H16FNO3.C6H5Br/c1-40-32-20-26-28(21-33(32)41-22-24-10-6-3-7-11-24)36-17-15-30(26)42-31-13-12-25(18-27(31)35)19-29(38)34(39)37-16-14-23-8-4-2-5-9-23;1-20-16-9-13-14(18)7-8-19-15(13)10-17(16)21-11-12-5-3-2-4-6-12;18-14-10-13(6-7-15(14)20)11-16(21)17(22)19-9-8-12-4-2-1-3-5-12;7-6-4-2-1-3-5-6/h2-13,15,17-18,20-21H,14,16,19,22H2,1H3,(H,37,39);2-10H,11H2,1H3;1-7,10,20H,8-9,11H2,(H,19,22);1-5H. The van der Waals surface area contributed by atoms with E-state index in [0.29, 0.717) is 94.9 Å². The highest BCUT2D eigenvalue weighted by Crippen LogP contribution is 2.39. The molecule has 3 N–H and O–H groups in total. The number of nitrogens with one attached hydrogen (secondary N) is 2. The number of aromatic nitrogens is 2. The summed E-state index contributed by atoms with van der Waals surface area (Å²) in [5.41, 5.74) is 6.30. The van der Waals surface area contributed by atoms with Gasteiger partial charge in [0.15, 0.2) is 46.1 Å². The second-order valence-corrected chi connectivity index (χ2v) is 21.6. The SMILES string of the molecule is Brc1ccccc1.COc1cc2c(Cl)ccnc2cc1OCc1ccccc1.COc1cc2c(Oc3ccc(CC(=O)C(=O)NCCc4ccccc4)cc3F)ccnc2cc1OCc1ccccc1.O=C(Cc1ccc(O)c(F)c1)C(=O)NCCc1ccccc1. The van der Waals surface area contributed by atoms with Crippen molar-refractivity contribution >= 4 is 72.7 Å². The van der Waals surface area contributed by atoms with E-state index in [1.165, 1.54) is 25.3 Å². The average Bonchev–Trinajstić information content (AvgIpc) is 0.826. The molecule has 2 aromatic heterocycles. The zero-order chi connectivity index (χ0) is 65.0. The predicted octanol–water partition coefficient (Wildman–Crippen LogP) is 15.2. The van der Waals surface area contributed by atoms with Crippen LogP contribution in [-0.2, 0) is 58.1 Å². The minimum Gasteiger partial charge on any atom is -0.505 e. The van der Waals surface area contributed by atoms with E-state index < -0.39 is 40.8 Å². The molecule has 0 atom stereocenters. The number of phenolic OH excluding ortho intramolecular Hbond substituents is 1. The van der Waals surface area contributed by atoms with Gasteiger partial charge in [0.25, 0.3) is 11.8 Å². The molecule has 14 nitrogen and oxygen atoms in total. The molecule has 11 aromatic rings. The van der Waals surface area contributed by atoms with Crippen LogP contribution in [0.4, 0.5) is 8.78 Å². The Balaban J connectivity index is 0.000000182. The number of Topliss-reactive ketones (excluding diaryl/α,β-unsaturated/α-hetero) is 2. The highest BCUT2D eigenvalue weighted by molar-refractivity contribution is 9.10. The molecule has 0 fully saturated rings. The number of hydrogen-bond donors (Lipinski definition) is 3. The first-order valence-corrected chi connectivity index (χ1v) is 30.2. The van der Waals surface area contributed by atoms with Gasteiger partial charge in [-0.1, -0.05) is 179 Å². The van der Waals surface area contributed by atoms with Crippen molar-refractivity contribution in [2.24, 2.45) is 0 Å². The summed E-state index contributed by atoms with van der Waals surface area (Å²) in [5.74, 6) is -2.00. The van der Waals surface area contributed by atoms with Crippen LogP contribution < -0.4 is 34.3 Å². The van der Waals surface area contributed by atoms with Crippen LogP contribution in [0.5, 0.6) is 40.2 Å². The van der Waals surface area contributed by atoms with Crippen molar-refractivity contribution in [2.75, 3.05) is 27.3 Å². The second kappa shape index (κ2) is 35.0. The molecule has 0 bridgehead atoms. The number of benzene rings is 9. The monoisotopic (exact) mass is 1320 g/mol. The molecule has 0 spiro atoms. The number of ether oxygens (including phenoxy) is 5. The van der Waals surface area contributed by atoms with E-state index in [1.807, 2.05) is 164 Å². The van der Waals surface area contributed by atoms with Crippen LogP contribution in [0.25, 0.3) is 21.8 Å². The van der Waals surface area contributed by atoms with Crippen LogP contribution in [0.2, 0.25) is 5.02 Å². The number of fused-ring (bicyclic) bond motifs is 2. The lowest BCUT2D eigenvalue weighted by Gasteiger charge is -2.14. The molecule has 0 saturated heterocycles. The van der Waals surface area contributed by atoms with Crippen molar-refractivity contribution in [1.82, 2.24) is 20.6 Å². The molecule has 9 aromatic carbocycles. The average molecular weight is 1320 g/mol. The minimum absolute atomic E-state index is 0.0330. The number of carbonyl (C=O) groups is 4. The largest absolute Gasteiger partial charge is 0.505 e. The fourth-order valence-electron chi connectivity index (χ4n) is 8.94. The van der Waals surface area contributed by atoms with Crippen LogP contribution >= 0.6 is 27.5 Å². The Morgan fingerprint density at radius 1 is 0.457 bits per heavy atom. The number of amides is 2. The Labute approximate surface area is 544 Å². The molecule has 0 saturated carbocycles. The molecule has 468 valence electrons. The lowest BCUT2D eigenvalue weighted by atomic mass is 10.1. The summed E-state index contributed by atoms with van der Waals surface area (Å²) >= 11 is 9.49. The lowest BCUT2D eigenvalue weighted by molar-refractivity contribution is -0.137. The maximum Gasteiger partial charge on any atom is 0.287 e. The van der Waals surface area contributed by atoms with Gasteiger partial charge < -0.3 is 39.4 Å². The molecule has 0 aliphatic rings. The summed E-state index contributed by atoms with van der Waals surface area (Å²) in [4.78, 5) is 56.8. The first-order valence-electron chi connectivity index (χ1n) is 29.0. The number of aromatic hydroxyl groups is 1. The number of halogens is 4. The third kappa shape index (κ3) is 20.8. The number of phenols is 1. The van der Waals surface area contributed by atoms with Crippen molar-refractivity contribution in [3.8, 4) is 40.2 Å². The van der Waals surface area contributed by atoms with Crippen LogP contribution in [0.3, 0.4) is 0 Å². The van der Waals surface area contributed by atoms with E-state index in [9.17, 15) is 23.6 Å². The van der Waals surface area contributed by atoms with E-state index in [0.717, 1.165) is 49.8 Å². The van der Waals surface area contributed by atoms with E-state index in [4.69, 9.17) is 40.4 Å². The van der Waals surface area contributed by atoms with E-state index >= 15 is 4.39 Å². The number of nitrogens with zero attached hydrogens (tertiary/aromatic N) is 2. The third-order valence-electron chi connectivity index (χ3n) is 13.7. The van der Waals surface area contributed by atoms with Crippen molar-refractivity contribution in [1.29, 1.82) is 0 Å². The summed E-state index contributed by atoms with van der Waals surface area (Å²) < 4.78 is 58.0. The fourth-order valence-corrected chi connectivity index (χ4v) is 9.45. The van der Waals surface area contributed by atoms with Crippen molar-refractivity contribution < 1.29 is 56.7 Å². The Bertz CT molecular complexity index is 4220. The highest BCUT2D eigenvalue weighted by atomic mass is 79.9. The van der Waals surface area contributed by atoms with Gasteiger partial charge in [0.2, 0.25) is 11.6 Å². The van der Waals surface area contributed by atoms with Gasteiger partial charge in [-0.05, 0) is 107 Å². The normalized spacial score (nSPS) is 10.4. The zero-order valence-corrected chi connectivity index (χ0v) is 52.5. The maximum absolute atomic E-state index is 15.1. The molecule has 18 heteroatoms. The molecule has 2 heterocycles. The number of ketones is 2. The third-order valence-corrected chi connectivity index (χ3v) is 14.6. The maximum atomic E-state index is 15.1. The summed E-state index contributed by atoms with van der Waals surface area (Å²) in [6.07, 6.45) is 4.06. The fraction of sp³-hybridized carbons (Fsp3) is 0.135. The first kappa shape index (κ1) is 67.4. The molecule has 2 amide bonds. The summed E-state index contributed by atoms with van der Waals surface area (Å²) in [7, 11) is 3.15. The van der Waals surface area contributed by atoms with Crippen LogP contribution in [0.1, 0.15) is 33.4 Å². The molecule has 0 radical (unpaired) electrons. The smallest absolute Gasteiger partial charge is 0.287 e. The van der Waals surface area contributed by atoms with Gasteiger partial charge in [0.05, 0.1) is 30.3 Å². The Hall–Kier alpha value is -10.5. The quantitative estimate of drug-likeness (QED) is 0.0547. The van der Waals surface area contributed by atoms with Gasteiger partial charge >= 0.3 is 0 Å². The predicted molar refractivity (Wildman–Crippen MR) is 356 cm³/mol. The minimum atomic E-state index is -0.810. The van der Waals surface area contributed by atoms with Gasteiger partial charge in [-0.15, -0.1) is 0 Å². The van der Waals surface area contributed by atoms with Crippen LogP contribution in [0.15, 0.2) is 241 Å². The number of rotatable bonds is 22. The van der Waals surface area contributed by atoms with E-state index in [2.05, 4.69) is 36.5 Å². The van der Waals surface area contributed by atoms with Crippen molar-refractivity contribution in [2.45, 2.75) is 38.9 Å². The Morgan fingerprint density at radius 3 is 1.33 bits per heavy atom. The number of methoxy groups -OCH3 is 2. The summed E-state index contributed by atoms with van der Waals surface area (Å²) in [6, 6.07) is 67.3. The lowest BCUT2D eigenvalue weighted by Crippen LogP contribution is -2.33. The second-order valence-electron chi connectivity index (χ2n) is 20.3. The highest BCUT2D eigenvalue weighted by Gasteiger charge is 2.19. The van der Waals surface area contributed by atoms with Gasteiger partial charge in [-0.25, -0.2) is 8.78 Å². The van der Waals surface area contributed by atoms with Gasteiger partial charge in [0.1, 0.15) is 19.0 Å². The van der Waals surface area contributed by atoms with Crippen LogP contribution in [0, 0.1) is 11.6 Å². The number of carbonyl (C=O) groups excluding carboxylic acids is 4.